The highest BCUT2D eigenvalue weighted by atomic mass is 16.3. The fourth-order valence-corrected chi connectivity index (χ4v) is 3.30. The lowest BCUT2D eigenvalue weighted by Crippen LogP contribution is -2.25. The van der Waals surface area contributed by atoms with Gasteiger partial charge in [0.05, 0.1) is 0 Å². The van der Waals surface area contributed by atoms with E-state index in [4.69, 9.17) is 5.11 Å². The maximum atomic E-state index is 11.9. The Bertz CT molecular complexity index is 480. The van der Waals surface area contributed by atoms with Crippen molar-refractivity contribution in [3.63, 3.8) is 0 Å². The Labute approximate surface area is 126 Å². The highest BCUT2D eigenvalue weighted by molar-refractivity contribution is 5.78. The molecule has 1 aromatic carbocycles. The summed E-state index contributed by atoms with van der Waals surface area (Å²) < 4.78 is 0. The number of carbonyl (C=O) groups excluding carboxylic acids is 1. The van der Waals surface area contributed by atoms with Gasteiger partial charge < -0.3 is 10.0 Å². The van der Waals surface area contributed by atoms with Gasteiger partial charge in [0.15, 0.2) is 0 Å². The molecule has 114 valence electrons. The quantitative estimate of drug-likeness (QED) is 0.895. The zero-order chi connectivity index (χ0) is 14.7. The monoisotopic (exact) mass is 288 g/mol. The Hall–Kier alpha value is -1.39. The van der Waals surface area contributed by atoms with E-state index in [0.29, 0.717) is 19.5 Å². The molecule has 4 heteroatoms. The van der Waals surface area contributed by atoms with Crippen molar-refractivity contribution in [3.05, 3.63) is 35.4 Å². The lowest BCUT2D eigenvalue weighted by atomic mass is 10.1. The molecule has 2 aliphatic rings. The molecule has 1 unspecified atom stereocenters. The third-order valence-corrected chi connectivity index (χ3v) is 4.55. The van der Waals surface area contributed by atoms with Gasteiger partial charge in [-0.05, 0) is 37.1 Å². The van der Waals surface area contributed by atoms with Gasteiger partial charge in [-0.3, -0.25) is 9.69 Å². The number of hydrogen-bond acceptors (Lipinski definition) is 3. The van der Waals surface area contributed by atoms with Crippen LogP contribution in [0.2, 0.25) is 0 Å². The number of hydrogen-bond donors (Lipinski definition) is 1. The van der Waals surface area contributed by atoms with Gasteiger partial charge in [-0.1, -0.05) is 24.3 Å². The molecule has 2 aliphatic heterocycles. The highest BCUT2D eigenvalue weighted by Crippen LogP contribution is 2.20. The first-order valence-corrected chi connectivity index (χ1v) is 7.93. The first-order valence-electron chi connectivity index (χ1n) is 7.93. The van der Waals surface area contributed by atoms with Gasteiger partial charge in [0.1, 0.15) is 0 Å². The van der Waals surface area contributed by atoms with E-state index in [0.717, 1.165) is 6.54 Å². The van der Waals surface area contributed by atoms with Gasteiger partial charge in [-0.15, -0.1) is 0 Å². The third-order valence-electron chi connectivity index (χ3n) is 4.55. The predicted octanol–water partition coefficient (Wildman–Crippen LogP) is 1.62. The van der Waals surface area contributed by atoms with Crippen LogP contribution in [-0.4, -0.2) is 47.1 Å². The van der Waals surface area contributed by atoms with Crippen LogP contribution in [0.4, 0.5) is 0 Å². The fraction of sp³-hybridized carbons (Fsp3) is 0.588. The van der Waals surface area contributed by atoms with Crippen molar-refractivity contribution in [2.45, 2.75) is 32.4 Å². The summed E-state index contributed by atoms with van der Waals surface area (Å²) in [5, 5.41) is 9.16. The average Bonchev–Trinajstić information content (AvgIpc) is 3.11. The number of amides is 1. The van der Waals surface area contributed by atoms with Crippen LogP contribution >= 0.6 is 0 Å². The molecule has 0 bridgehead atoms. The normalized spacial score (nSPS) is 23.2. The third kappa shape index (κ3) is 3.63. The molecule has 1 amide bonds. The second-order valence-corrected chi connectivity index (χ2v) is 6.33. The molecule has 21 heavy (non-hydrogen) atoms. The van der Waals surface area contributed by atoms with E-state index in [-0.39, 0.29) is 18.4 Å². The van der Waals surface area contributed by atoms with Crippen LogP contribution in [0.15, 0.2) is 24.3 Å². The number of benzene rings is 1. The first kappa shape index (κ1) is 14.5. The van der Waals surface area contributed by atoms with Crippen LogP contribution in [-0.2, 0) is 17.9 Å². The van der Waals surface area contributed by atoms with Gasteiger partial charge in [0, 0.05) is 38.6 Å². The summed E-state index contributed by atoms with van der Waals surface area (Å²) in [4.78, 5) is 16.2. The van der Waals surface area contributed by atoms with Crippen LogP contribution in [0.5, 0.6) is 0 Å². The van der Waals surface area contributed by atoms with Gasteiger partial charge in [-0.2, -0.15) is 0 Å². The minimum absolute atomic E-state index is 0.108. The van der Waals surface area contributed by atoms with Crippen LogP contribution < -0.4 is 0 Å². The molecule has 2 fully saturated rings. The summed E-state index contributed by atoms with van der Waals surface area (Å²) in [6, 6.07) is 8.62. The Morgan fingerprint density at radius 1 is 1.05 bits per heavy atom. The summed E-state index contributed by atoms with van der Waals surface area (Å²) in [7, 11) is 0. The molecule has 0 radical (unpaired) electrons. The van der Waals surface area contributed by atoms with E-state index in [1.54, 1.807) is 0 Å². The van der Waals surface area contributed by atoms with Gasteiger partial charge in [0.2, 0.25) is 5.91 Å². The average molecular weight is 288 g/mol. The predicted molar refractivity (Wildman–Crippen MR) is 81.6 cm³/mol. The minimum Gasteiger partial charge on any atom is -0.396 e. The Morgan fingerprint density at radius 3 is 2.24 bits per heavy atom. The summed E-state index contributed by atoms with van der Waals surface area (Å²) >= 11 is 0. The van der Waals surface area contributed by atoms with Crippen molar-refractivity contribution in [3.8, 4) is 0 Å². The molecule has 0 saturated carbocycles. The molecule has 0 aromatic heterocycles. The van der Waals surface area contributed by atoms with E-state index in [9.17, 15) is 4.79 Å². The Balaban J connectivity index is 1.55. The van der Waals surface area contributed by atoms with E-state index in [1.165, 1.54) is 37.1 Å². The molecule has 1 atom stereocenters. The Kier molecular flexibility index (Phi) is 4.56. The largest absolute Gasteiger partial charge is 0.396 e. The molecule has 1 aromatic rings. The van der Waals surface area contributed by atoms with Crippen LogP contribution in [0.25, 0.3) is 0 Å². The van der Waals surface area contributed by atoms with E-state index >= 15 is 0 Å². The van der Waals surface area contributed by atoms with Gasteiger partial charge in [0.25, 0.3) is 0 Å². The van der Waals surface area contributed by atoms with E-state index in [1.807, 2.05) is 4.90 Å². The lowest BCUT2D eigenvalue weighted by molar-refractivity contribution is -0.128. The van der Waals surface area contributed by atoms with Gasteiger partial charge in [-0.25, -0.2) is 0 Å². The molecule has 4 nitrogen and oxygen atoms in total. The second-order valence-electron chi connectivity index (χ2n) is 6.33. The molecule has 2 heterocycles. The molecule has 0 spiro atoms. The zero-order valence-electron chi connectivity index (χ0n) is 12.5. The van der Waals surface area contributed by atoms with Crippen LogP contribution in [0.1, 0.15) is 30.4 Å². The van der Waals surface area contributed by atoms with Crippen molar-refractivity contribution in [1.29, 1.82) is 0 Å². The smallest absolute Gasteiger partial charge is 0.223 e. The maximum absolute atomic E-state index is 11.9. The van der Waals surface area contributed by atoms with Crippen LogP contribution in [0.3, 0.4) is 0 Å². The minimum atomic E-state index is 0.108. The summed E-state index contributed by atoms with van der Waals surface area (Å²) in [6.45, 7) is 4.93. The fourth-order valence-electron chi connectivity index (χ4n) is 3.30. The Morgan fingerprint density at radius 2 is 1.67 bits per heavy atom. The number of aliphatic hydroxyl groups excluding tert-OH is 1. The van der Waals surface area contributed by atoms with E-state index < -0.39 is 0 Å². The number of aliphatic hydroxyl groups is 1. The second kappa shape index (κ2) is 6.58. The van der Waals surface area contributed by atoms with Crippen molar-refractivity contribution < 1.29 is 9.90 Å². The summed E-state index contributed by atoms with van der Waals surface area (Å²) in [5.74, 6) is 0.280. The standard InChI is InChI=1S/C17H24N2O2/c20-13-16-9-17(21)19(12-16)11-15-5-3-14(4-6-15)10-18-7-1-2-8-18/h3-6,16,20H,1-2,7-13H2. The molecule has 2 saturated heterocycles. The molecular formula is C17H24N2O2. The zero-order valence-corrected chi connectivity index (χ0v) is 12.5. The van der Waals surface area contributed by atoms with E-state index in [2.05, 4.69) is 29.2 Å². The first-order chi connectivity index (χ1) is 10.2. The lowest BCUT2D eigenvalue weighted by Gasteiger charge is -2.18. The number of carbonyl (C=O) groups is 1. The number of nitrogens with zero attached hydrogens (tertiary/aromatic N) is 2. The topological polar surface area (TPSA) is 43.8 Å². The van der Waals surface area contributed by atoms with Crippen molar-refractivity contribution in [2.24, 2.45) is 5.92 Å². The molecule has 1 N–H and O–H groups in total. The molecular weight excluding hydrogens is 264 g/mol. The van der Waals surface area contributed by atoms with Crippen molar-refractivity contribution in [1.82, 2.24) is 9.80 Å². The number of likely N-dealkylation sites (tertiary alicyclic amines) is 2. The van der Waals surface area contributed by atoms with Crippen LogP contribution in [0, 0.1) is 5.92 Å². The highest BCUT2D eigenvalue weighted by Gasteiger charge is 2.28. The summed E-state index contributed by atoms with van der Waals surface area (Å²) in [5.41, 5.74) is 2.52. The molecule has 3 rings (SSSR count). The maximum Gasteiger partial charge on any atom is 0.223 e. The summed E-state index contributed by atoms with van der Waals surface area (Å²) in [6.07, 6.45) is 3.13. The molecule has 0 aliphatic carbocycles. The van der Waals surface area contributed by atoms with Gasteiger partial charge >= 0.3 is 0 Å². The van der Waals surface area contributed by atoms with Crippen molar-refractivity contribution >= 4 is 5.91 Å². The van der Waals surface area contributed by atoms with Crippen molar-refractivity contribution in [2.75, 3.05) is 26.2 Å². The number of rotatable bonds is 5. The SMILES string of the molecule is O=C1CC(CO)CN1Cc1ccc(CN2CCCC2)cc1.